The quantitative estimate of drug-likeness (QED) is 0.507. The summed E-state index contributed by atoms with van der Waals surface area (Å²) in [6.07, 6.45) is 1.28. The minimum atomic E-state index is -0.343. The second kappa shape index (κ2) is 9.83. The van der Waals surface area contributed by atoms with Crippen LogP contribution >= 0.6 is 0 Å². The number of fused-ring (bicyclic) bond motifs is 1. The lowest BCUT2D eigenvalue weighted by atomic mass is 10.2. The number of carbonyl (C=O) groups is 1. The number of carbonyl (C=O) groups excluding carboxylic acids is 1. The van der Waals surface area contributed by atoms with Crippen LogP contribution in [0.5, 0.6) is 17.4 Å². The number of anilines is 2. The maximum absolute atomic E-state index is 12.6. The van der Waals surface area contributed by atoms with Gasteiger partial charge in [0.15, 0.2) is 11.5 Å². The van der Waals surface area contributed by atoms with Gasteiger partial charge in [0.1, 0.15) is 11.6 Å². The number of cyclic esters (lactones) is 1. The molecule has 1 atom stereocenters. The third-order valence-electron chi connectivity index (χ3n) is 6.47. The fourth-order valence-corrected chi connectivity index (χ4v) is 4.64. The van der Waals surface area contributed by atoms with E-state index in [4.69, 9.17) is 18.9 Å². The fourth-order valence-electron chi connectivity index (χ4n) is 4.64. The highest BCUT2D eigenvalue weighted by atomic mass is 16.6. The van der Waals surface area contributed by atoms with Gasteiger partial charge in [0.2, 0.25) is 5.88 Å². The first-order valence-corrected chi connectivity index (χ1v) is 11.6. The standard InChI is InChI=1S/C25H29N5O5/c1-32-21-6-4-17(14-22(21)33-2)30-16-18(35-25(30)31)15-28-10-12-29(13-11-28)20-8-9-26-19-5-7-23(34-3)27-24(19)20/h4-9,14,18H,10-13,15-16H2,1-3H3/t18-/m1/s1. The summed E-state index contributed by atoms with van der Waals surface area (Å²) < 4.78 is 21.7. The Morgan fingerprint density at radius 1 is 0.971 bits per heavy atom. The molecule has 10 heteroatoms. The van der Waals surface area contributed by atoms with E-state index in [1.807, 2.05) is 30.5 Å². The van der Waals surface area contributed by atoms with E-state index in [1.54, 1.807) is 38.4 Å². The number of pyridine rings is 2. The highest BCUT2D eigenvalue weighted by Crippen LogP contribution is 2.33. The molecule has 2 aliphatic heterocycles. The van der Waals surface area contributed by atoms with Gasteiger partial charge in [-0.05, 0) is 24.3 Å². The topological polar surface area (TPSA) is 89.5 Å². The highest BCUT2D eigenvalue weighted by molar-refractivity contribution is 5.90. The van der Waals surface area contributed by atoms with E-state index in [2.05, 4.69) is 19.8 Å². The number of ether oxygens (including phenoxy) is 4. The summed E-state index contributed by atoms with van der Waals surface area (Å²) in [6, 6.07) is 11.2. The van der Waals surface area contributed by atoms with Crippen molar-refractivity contribution in [2.24, 2.45) is 0 Å². The van der Waals surface area contributed by atoms with Crippen LogP contribution in [-0.2, 0) is 4.74 Å². The summed E-state index contributed by atoms with van der Waals surface area (Å²) in [5.41, 5.74) is 3.47. The minimum Gasteiger partial charge on any atom is -0.493 e. The van der Waals surface area contributed by atoms with Crippen LogP contribution in [0.3, 0.4) is 0 Å². The number of hydrogen-bond donors (Lipinski definition) is 0. The van der Waals surface area contributed by atoms with Gasteiger partial charge in [-0.25, -0.2) is 9.78 Å². The summed E-state index contributed by atoms with van der Waals surface area (Å²) in [6.45, 7) is 4.59. The minimum absolute atomic E-state index is 0.199. The van der Waals surface area contributed by atoms with E-state index in [9.17, 15) is 4.79 Å². The van der Waals surface area contributed by atoms with Crippen molar-refractivity contribution < 1.29 is 23.7 Å². The molecule has 35 heavy (non-hydrogen) atoms. The van der Waals surface area contributed by atoms with Crippen LogP contribution in [-0.4, -0.2) is 87.7 Å². The maximum Gasteiger partial charge on any atom is 0.414 e. The average Bonchev–Trinajstić information content (AvgIpc) is 3.27. The van der Waals surface area contributed by atoms with Crippen molar-refractivity contribution in [3.63, 3.8) is 0 Å². The molecule has 0 N–H and O–H groups in total. The Morgan fingerprint density at radius 3 is 2.51 bits per heavy atom. The molecule has 2 aromatic heterocycles. The molecule has 0 saturated carbocycles. The summed E-state index contributed by atoms with van der Waals surface area (Å²) in [4.78, 5) is 27.9. The molecule has 0 unspecified atom stereocenters. The lowest BCUT2D eigenvalue weighted by Crippen LogP contribution is -2.49. The van der Waals surface area contributed by atoms with Gasteiger partial charge in [-0.15, -0.1) is 0 Å². The fraction of sp³-hybridized carbons (Fsp3) is 0.400. The number of amides is 1. The lowest BCUT2D eigenvalue weighted by molar-refractivity contribution is 0.106. The van der Waals surface area contributed by atoms with Crippen molar-refractivity contribution in [3.05, 3.63) is 42.6 Å². The van der Waals surface area contributed by atoms with Gasteiger partial charge in [0.25, 0.3) is 0 Å². The monoisotopic (exact) mass is 479 g/mol. The number of rotatable bonds is 7. The van der Waals surface area contributed by atoms with Crippen LogP contribution in [0.25, 0.3) is 11.0 Å². The van der Waals surface area contributed by atoms with Crippen molar-refractivity contribution in [1.82, 2.24) is 14.9 Å². The summed E-state index contributed by atoms with van der Waals surface area (Å²) >= 11 is 0. The van der Waals surface area contributed by atoms with Crippen LogP contribution < -0.4 is 24.0 Å². The summed E-state index contributed by atoms with van der Waals surface area (Å²) in [5, 5.41) is 0. The summed E-state index contributed by atoms with van der Waals surface area (Å²) in [7, 11) is 4.78. The predicted molar refractivity (Wildman–Crippen MR) is 132 cm³/mol. The molecule has 10 nitrogen and oxygen atoms in total. The number of piperazine rings is 1. The average molecular weight is 480 g/mol. The molecular formula is C25H29N5O5. The third kappa shape index (κ3) is 4.61. The number of methoxy groups -OCH3 is 3. The molecule has 1 aromatic carbocycles. The molecule has 2 aliphatic rings. The van der Waals surface area contributed by atoms with Crippen LogP contribution in [0.2, 0.25) is 0 Å². The first kappa shape index (κ1) is 23.0. The Morgan fingerprint density at radius 2 is 1.77 bits per heavy atom. The van der Waals surface area contributed by atoms with Crippen molar-refractivity contribution in [3.8, 4) is 17.4 Å². The zero-order valence-electron chi connectivity index (χ0n) is 20.1. The van der Waals surface area contributed by atoms with Crippen molar-refractivity contribution in [2.75, 3.05) is 70.4 Å². The van der Waals surface area contributed by atoms with E-state index in [0.717, 1.165) is 48.6 Å². The van der Waals surface area contributed by atoms with Gasteiger partial charge < -0.3 is 23.8 Å². The van der Waals surface area contributed by atoms with Gasteiger partial charge in [-0.1, -0.05) is 0 Å². The Bertz CT molecular complexity index is 1210. The Hall–Kier alpha value is -3.79. The molecular weight excluding hydrogens is 450 g/mol. The molecule has 1 amide bonds. The molecule has 3 aromatic rings. The second-order valence-corrected chi connectivity index (χ2v) is 8.49. The zero-order chi connectivity index (χ0) is 24.4. The molecule has 0 bridgehead atoms. The number of benzene rings is 1. The van der Waals surface area contributed by atoms with E-state index in [0.29, 0.717) is 30.5 Å². The SMILES string of the molecule is COc1ccc2nccc(N3CCN(C[C@@H]4CN(c5ccc(OC)c(OC)c5)C(=O)O4)CC3)c2n1. The Balaban J connectivity index is 1.21. The van der Waals surface area contributed by atoms with E-state index >= 15 is 0 Å². The first-order valence-electron chi connectivity index (χ1n) is 11.6. The van der Waals surface area contributed by atoms with Gasteiger partial charge in [-0.2, -0.15) is 0 Å². The van der Waals surface area contributed by atoms with Crippen molar-refractivity contribution >= 4 is 28.5 Å². The predicted octanol–water partition coefficient (Wildman–Crippen LogP) is 2.80. The van der Waals surface area contributed by atoms with Gasteiger partial charge in [-0.3, -0.25) is 14.8 Å². The molecule has 2 fully saturated rings. The normalized spacial score (nSPS) is 18.6. The van der Waals surface area contributed by atoms with E-state index < -0.39 is 0 Å². The van der Waals surface area contributed by atoms with Gasteiger partial charge in [0, 0.05) is 51.1 Å². The van der Waals surface area contributed by atoms with Crippen LogP contribution in [0.4, 0.5) is 16.2 Å². The first-order chi connectivity index (χ1) is 17.1. The molecule has 0 spiro atoms. The lowest BCUT2D eigenvalue weighted by Gasteiger charge is -2.36. The second-order valence-electron chi connectivity index (χ2n) is 8.49. The molecule has 5 rings (SSSR count). The van der Waals surface area contributed by atoms with Crippen LogP contribution in [0.1, 0.15) is 0 Å². The van der Waals surface area contributed by atoms with Crippen LogP contribution in [0.15, 0.2) is 42.6 Å². The molecule has 4 heterocycles. The number of aromatic nitrogens is 2. The van der Waals surface area contributed by atoms with Crippen LogP contribution in [0, 0.1) is 0 Å². The molecule has 0 radical (unpaired) electrons. The summed E-state index contributed by atoms with van der Waals surface area (Å²) in [5.74, 6) is 1.77. The largest absolute Gasteiger partial charge is 0.493 e. The van der Waals surface area contributed by atoms with E-state index in [1.165, 1.54) is 0 Å². The Labute approximate surface area is 204 Å². The highest BCUT2D eigenvalue weighted by Gasteiger charge is 2.34. The number of nitrogens with zero attached hydrogens (tertiary/aromatic N) is 5. The molecule has 184 valence electrons. The molecule has 0 aliphatic carbocycles. The van der Waals surface area contributed by atoms with Gasteiger partial charge >= 0.3 is 6.09 Å². The Kier molecular flexibility index (Phi) is 6.45. The number of hydrogen-bond acceptors (Lipinski definition) is 9. The smallest absolute Gasteiger partial charge is 0.414 e. The maximum atomic E-state index is 12.6. The third-order valence-corrected chi connectivity index (χ3v) is 6.47. The zero-order valence-corrected chi connectivity index (χ0v) is 20.1. The van der Waals surface area contributed by atoms with E-state index in [-0.39, 0.29) is 12.2 Å². The van der Waals surface area contributed by atoms with Crippen molar-refractivity contribution in [1.29, 1.82) is 0 Å². The van der Waals surface area contributed by atoms with Gasteiger partial charge in [0.05, 0.1) is 44.8 Å². The van der Waals surface area contributed by atoms with Crippen molar-refractivity contribution in [2.45, 2.75) is 6.10 Å². The molecule has 2 saturated heterocycles.